The SMILES string of the molecule is CC1(C)NC(=O)N(CC(CSc2ccc(Oc3ccc(Cl)cc3)cc2)NO)C1=O. The summed E-state index contributed by atoms with van der Waals surface area (Å²) in [5, 5.41) is 12.7. The molecule has 3 N–H and O–H groups in total. The zero-order chi connectivity index (χ0) is 21.0. The highest BCUT2D eigenvalue weighted by atomic mass is 35.5. The highest BCUT2D eigenvalue weighted by Crippen LogP contribution is 2.27. The quantitative estimate of drug-likeness (QED) is 0.331. The molecule has 1 aliphatic heterocycles. The van der Waals surface area contributed by atoms with Gasteiger partial charge in [-0.3, -0.25) is 9.69 Å². The van der Waals surface area contributed by atoms with Crippen molar-refractivity contribution < 1.29 is 19.5 Å². The number of ether oxygens (including phenoxy) is 1. The van der Waals surface area contributed by atoms with Crippen molar-refractivity contribution in [2.24, 2.45) is 0 Å². The molecule has 1 heterocycles. The third-order valence-electron chi connectivity index (χ3n) is 4.35. The number of hydrogen-bond acceptors (Lipinski definition) is 6. The first-order valence-corrected chi connectivity index (χ1v) is 10.3. The van der Waals surface area contributed by atoms with Gasteiger partial charge in [-0.1, -0.05) is 11.6 Å². The van der Waals surface area contributed by atoms with Crippen molar-refractivity contribution in [2.45, 2.75) is 30.3 Å². The van der Waals surface area contributed by atoms with E-state index in [-0.39, 0.29) is 12.5 Å². The maximum atomic E-state index is 12.3. The zero-order valence-corrected chi connectivity index (χ0v) is 17.6. The van der Waals surface area contributed by atoms with Crippen LogP contribution in [0.5, 0.6) is 11.5 Å². The number of nitrogens with zero attached hydrogens (tertiary/aromatic N) is 1. The average molecular weight is 436 g/mol. The Balaban J connectivity index is 1.53. The Morgan fingerprint density at radius 2 is 1.72 bits per heavy atom. The zero-order valence-electron chi connectivity index (χ0n) is 16.0. The Morgan fingerprint density at radius 3 is 2.24 bits per heavy atom. The Morgan fingerprint density at radius 1 is 1.14 bits per heavy atom. The molecule has 2 aromatic carbocycles. The summed E-state index contributed by atoms with van der Waals surface area (Å²) < 4.78 is 5.76. The van der Waals surface area contributed by atoms with Gasteiger partial charge in [0, 0.05) is 22.2 Å². The van der Waals surface area contributed by atoms with Crippen LogP contribution in [0, 0.1) is 0 Å². The van der Waals surface area contributed by atoms with Crippen molar-refractivity contribution in [3.8, 4) is 11.5 Å². The van der Waals surface area contributed by atoms with Crippen LogP contribution in [-0.2, 0) is 4.79 Å². The number of urea groups is 1. The molecule has 154 valence electrons. The number of hydroxylamine groups is 1. The van der Waals surface area contributed by atoms with Crippen molar-refractivity contribution in [1.82, 2.24) is 15.7 Å². The molecule has 1 atom stereocenters. The van der Waals surface area contributed by atoms with Gasteiger partial charge < -0.3 is 15.3 Å². The highest BCUT2D eigenvalue weighted by molar-refractivity contribution is 7.99. The van der Waals surface area contributed by atoms with Crippen LogP contribution in [0.1, 0.15) is 13.8 Å². The van der Waals surface area contributed by atoms with Crippen molar-refractivity contribution in [3.05, 3.63) is 53.6 Å². The van der Waals surface area contributed by atoms with Gasteiger partial charge in [0.05, 0.1) is 6.04 Å². The van der Waals surface area contributed by atoms with E-state index in [0.717, 1.165) is 9.80 Å². The second-order valence-electron chi connectivity index (χ2n) is 7.14. The first-order valence-electron chi connectivity index (χ1n) is 8.98. The number of carbonyl (C=O) groups excluding carboxylic acids is 2. The van der Waals surface area contributed by atoms with Gasteiger partial charge in [-0.2, -0.15) is 5.48 Å². The van der Waals surface area contributed by atoms with Gasteiger partial charge in [-0.05, 0) is 62.4 Å². The summed E-state index contributed by atoms with van der Waals surface area (Å²) in [5.41, 5.74) is 1.26. The van der Waals surface area contributed by atoms with E-state index in [9.17, 15) is 14.8 Å². The van der Waals surface area contributed by atoms with Gasteiger partial charge in [0.1, 0.15) is 17.0 Å². The molecule has 0 aromatic heterocycles. The Bertz CT molecular complexity index is 874. The minimum absolute atomic E-state index is 0.0787. The molecule has 1 saturated heterocycles. The summed E-state index contributed by atoms with van der Waals surface area (Å²) in [6.45, 7) is 3.38. The Hall–Kier alpha value is -2.26. The van der Waals surface area contributed by atoms with Crippen LogP contribution in [0.25, 0.3) is 0 Å². The molecule has 0 aliphatic carbocycles. The van der Waals surface area contributed by atoms with Gasteiger partial charge in [-0.25, -0.2) is 4.79 Å². The van der Waals surface area contributed by atoms with Gasteiger partial charge >= 0.3 is 6.03 Å². The standard InChI is InChI=1S/C20H22ClN3O4S/c1-20(2)18(25)24(19(26)22-20)11-14(23-27)12-29-17-9-7-16(8-10-17)28-15-5-3-13(21)4-6-15/h3-10,14,23,27H,11-12H2,1-2H3,(H,22,26). The molecule has 0 spiro atoms. The highest BCUT2D eigenvalue weighted by Gasteiger charge is 2.44. The molecule has 1 aliphatic rings. The number of hydrogen-bond donors (Lipinski definition) is 3. The van der Waals surface area contributed by atoms with Crippen LogP contribution in [0.2, 0.25) is 5.02 Å². The number of nitrogens with one attached hydrogen (secondary N) is 2. The lowest BCUT2D eigenvalue weighted by atomic mass is 10.1. The van der Waals surface area contributed by atoms with Crippen LogP contribution in [-0.4, -0.2) is 45.9 Å². The molecule has 9 heteroatoms. The largest absolute Gasteiger partial charge is 0.457 e. The lowest BCUT2D eigenvalue weighted by molar-refractivity contribution is -0.130. The molecule has 3 amide bonds. The molecule has 1 fully saturated rings. The van der Waals surface area contributed by atoms with Crippen LogP contribution in [0.3, 0.4) is 0 Å². The molecular weight excluding hydrogens is 414 g/mol. The van der Waals surface area contributed by atoms with Crippen LogP contribution in [0.4, 0.5) is 4.79 Å². The second kappa shape index (κ2) is 9.04. The Kier molecular flexibility index (Phi) is 6.69. The summed E-state index contributed by atoms with van der Waals surface area (Å²) in [7, 11) is 0. The first kappa shape index (κ1) is 21.4. The summed E-state index contributed by atoms with van der Waals surface area (Å²) in [4.78, 5) is 26.3. The van der Waals surface area contributed by atoms with E-state index < -0.39 is 17.6 Å². The van der Waals surface area contributed by atoms with Crippen LogP contribution in [0.15, 0.2) is 53.4 Å². The van der Waals surface area contributed by atoms with Crippen molar-refractivity contribution in [1.29, 1.82) is 0 Å². The number of halogens is 1. The summed E-state index contributed by atoms with van der Waals surface area (Å²) in [6, 6.07) is 13.7. The fraction of sp³-hybridized carbons (Fsp3) is 0.300. The minimum atomic E-state index is -0.926. The Labute approximate surface area is 178 Å². The van der Waals surface area contributed by atoms with E-state index in [1.807, 2.05) is 24.3 Å². The van der Waals surface area contributed by atoms with Crippen molar-refractivity contribution in [2.75, 3.05) is 12.3 Å². The van der Waals surface area contributed by atoms with E-state index in [0.29, 0.717) is 22.3 Å². The van der Waals surface area contributed by atoms with Crippen molar-refractivity contribution in [3.63, 3.8) is 0 Å². The number of carbonyl (C=O) groups is 2. The van der Waals surface area contributed by atoms with Crippen LogP contribution < -0.4 is 15.5 Å². The fourth-order valence-corrected chi connectivity index (χ4v) is 3.80. The second-order valence-corrected chi connectivity index (χ2v) is 8.67. The van der Waals surface area contributed by atoms with Crippen LogP contribution >= 0.6 is 23.4 Å². The maximum absolute atomic E-state index is 12.3. The molecular formula is C20H22ClN3O4S. The third kappa shape index (κ3) is 5.42. The molecule has 2 aromatic rings. The maximum Gasteiger partial charge on any atom is 0.325 e. The van der Waals surface area contributed by atoms with E-state index in [4.69, 9.17) is 16.3 Å². The topological polar surface area (TPSA) is 90.9 Å². The fourth-order valence-electron chi connectivity index (χ4n) is 2.77. The number of thioether (sulfide) groups is 1. The monoisotopic (exact) mass is 435 g/mol. The number of imide groups is 1. The third-order valence-corrected chi connectivity index (χ3v) is 5.78. The average Bonchev–Trinajstić information content (AvgIpc) is 2.89. The lowest BCUT2D eigenvalue weighted by Gasteiger charge is -2.21. The lowest BCUT2D eigenvalue weighted by Crippen LogP contribution is -2.45. The summed E-state index contributed by atoms with van der Waals surface area (Å²) in [6.07, 6.45) is 0. The van der Waals surface area contributed by atoms with Crippen molar-refractivity contribution >= 4 is 35.3 Å². The first-order chi connectivity index (χ1) is 13.8. The predicted octanol–water partition coefficient (Wildman–Crippen LogP) is 3.90. The minimum Gasteiger partial charge on any atom is -0.457 e. The number of amides is 3. The molecule has 0 saturated carbocycles. The normalized spacial score (nSPS) is 16.6. The van der Waals surface area contributed by atoms with E-state index in [2.05, 4.69) is 10.8 Å². The molecule has 29 heavy (non-hydrogen) atoms. The van der Waals surface area contributed by atoms with Gasteiger partial charge in [0.2, 0.25) is 0 Å². The van der Waals surface area contributed by atoms with Gasteiger partial charge in [0.25, 0.3) is 5.91 Å². The predicted molar refractivity (Wildman–Crippen MR) is 112 cm³/mol. The van der Waals surface area contributed by atoms with Gasteiger partial charge in [0.15, 0.2) is 0 Å². The van der Waals surface area contributed by atoms with E-state index >= 15 is 0 Å². The van der Waals surface area contributed by atoms with E-state index in [1.54, 1.807) is 38.1 Å². The van der Waals surface area contributed by atoms with E-state index in [1.165, 1.54) is 11.8 Å². The molecule has 1 unspecified atom stereocenters. The number of rotatable bonds is 8. The smallest absolute Gasteiger partial charge is 0.325 e. The van der Waals surface area contributed by atoms with Gasteiger partial charge in [-0.15, -0.1) is 11.8 Å². The molecule has 0 radical (unpaired) electrons. The summed E-state index contributed by atoms with van der Waals surface area (Å²) in [5.74, 6) is 1.54. The molecule has 3 rings (SSSR count). The summed E-state index contributed by atoms with van der Waals surface area (Å²) >= 11 is 7.36. The molecule has 7 nitrogen and oxygen atoms in total. The number of benzene rings is 2. The molecule has 0 bridgehead atoms.